The van der Waals surface area contributed by atoms with Crippen LogP contribution in [0.25, 0.3) is 0 Å². The zero-order valence-electron chi connectivity index (χ0n) is 11.7. The van der Waals surface area contributed by atoms with Crippen molar-refractivity contribution in [3.8, 4) is 0 Å². The molecule has 0 bridgehead atoms. The molecular weight excluding hydrogens is 246 g/mol. The van der Waals surface area contributed by atoms with Crippen molar-refractivity contribution < 1.29 is 19.3 Å². The lowest BCUT2D eigenvalue weighted by Crippen LogP contribution is -2.57. The SMILES string of the molecule is CCC1CN(C2CC3(CCC2O)OCCO3)CCO1. The molecule has 1 spiro atoms. The van der Waals surface area contributed by atoms with E-state index in [1.807, 2.05) is 0 Å². The first-order valence-electron chi connectivity index (χ1n) is 7.54. The van der Waals surface area contributed by atoms with Gasteiger partial charge < -0.3 is 19.3 Å². The molecule has 0 aromatic carbocycles. The van der Waals surface area contributed by atoms with Crippen molar-refractivity contribution in [3.05, 3.63) is 0 Å². The molecule has 5 heteroatoms. The van der Waals surface area contributed by atoms with Crippen LogP contribution in [0, 0.1) is 0 Å². The Balaban J connectivity index is 1.67. The van der Waals surface area contributed by atoms with Crippen LogP contribution in [-0.4, -0.2) is 67.0 Å². The van der Waals surface area contributed by atoms with Gasteiger partial charge in [-0.3, -0.25) is 4.90 Å². The van der Waals surface area contributed by atoms with Crippen LogP contribution in [-0.2, 0) is 14.2 Å². The van der Waals surface area contributed by atoms with Gasteiger partial charge in [0.05, 0.1) is 32.0 Å². The summed E-state index contributed by atoms with van der Waals surface area (Å²) in [5.41, 5.74) is 0. The molecule has 3 fully saturated rings. The fourth-order valence-electron chi connectivity index (χ4n) is 3.54. The summed E-state index contributed by atoms with van der Waals surface area (Å²) < 4.78 is 17.3. The average Bonchev–Trinajstić information content (AvgIpc) is 2.90. The second kappa shape index (κ2) is 5.66. The minimum atomic E-state index is -0.427. The van der Waals surface area contributed by atoms with E-state index < -0.39 is 5.79 Å². The van der Waals surface area contributed by atoms with Crippen molar-refractivity contribution in [1.29, 1.82) is 0 Å². The smallest absolute Gasteiger partial charge is 0.170 e. The Morgan fingerprint density at radius 1 is 1.26 bits per heavy atom. The Kier molecular flexibility index (Phi) is 4.10. The number of hydrogen-bond acceptors (Lipinski definition) is 5. The molecule has 3 atom stereocenters. The van der Waals surface area contributed by atoms with E-state index in [9.17, 15) is 5.11 Å². The Morgan fingerprint density at radius 3 is 2.79 bits per heavy atom. The van der Waals surface area contributed by atoms with Crippen molar-refractivity contribution in [2.45, 2.75) is 56.6 Å². The van der Waals surface area contributed by atoms with E-state index in [-0.39, 0.29) is 12.1 Å². The van der Waals surface area contributed by atoms with Crippen LogP contribution in [0.2, 0.25) is 0 Å². The van der Waals surface area contributed by atoms with Crippen LogP contribution in [0.3, 0.4) is 0 Å². The van der Waals surface area contributed by atoms with Gasteiger partial charge in [-0.2, -0.15) is 0 Å². The fourth-order valence-corrected chi connectivity index (χ4v) is 3.54. The topological polar surface area (TPSA) is 51.2 Å². The molecule has 0 radical (unpaired) electrons. The van der Waals surface area contributed by atoms with Crippen LogP contribution >= 0.6 is 0 Å². The number of rotatable bonds is 2. The molecule has 5 nitrogen and oxygen atoms in total. The lowest BCUT2D eigenvalue weighted by atomic mass is 9.86. The molecule has 0 aromatic heterocycles. The van der Waals surface area contributed by atoms with E-state index in [4.69, 9.17) is 14.2 Å². The Hall–Kier alpha value is -0.200. The highest BCUT2D eigenvalue weighted by atomic mass is 16.7. The van der Waals surface area contributed by atoms with Gasteiger partial charge in [0, 0.05) is 32.0 Å². The van der Waals surface area contributed by atoms with Gasteiger partial charge in [-0.25, -0.2) is 0 Å². The van der Waals surface area contributed by atoms with Gasteiger partial charge in [-0.05, 0) is 12.8 Å². The first-order chi connectivity index (χ1) is 9.22. The second-order valence-electron chi connectivity index (χ2n) is 5.88. The summed E-state index contributed by atoms with van der Waals surface area (Å²) in [6.07, 6.45) is 3.41. The molecule has 1 saturated carbocycles. The van der Waals surface area contributed by atoms with Crippen molar-refractivity contribution in [2.75, 3.05) is 32.9 Å². The zero-order valence-corrected chi connectivity index (χ0v) is 11.7. The predicted molar refractivity (Wildman–Crippen MR) is 69.9 cm³/mol. The highest BCUT2D eigenvalue weighted by Crippen LogP contribution is 2.38. The van der Waals surface area contributed by atoms with E-state index >= 15 is 0 Å². The summed E-state index contributed by atoms with van der Waals surface area (Å²) in [6.45, 7) is 6.09. The summed E-state index contributed by atoms with van der Waals surface area (Å²) in [5.74, 6) is -0.427. The molecule has 1 N–H and O–H groups in total. The van der Waals surface area contributed by atoms with Crippen molar-refractivity contribution in [2.24, 2.45) is 0 Å². The molecule has 3 aliphatic rings. The number of morpholine rings is 1. The minimum absolute atomic E-state index is 0.143. The van der Waals surface area contributed by atoms with Crippen LogP contribution in [0.4, 0.5) is 0 Å². The molecule has 110 valence electrons. The minimum Gasteiger partial charge on any atom is -0.391 e. The molecule has 2 saturated heterocycles. The lowest BCUT2D eigenvalue weighted by Gasteiger charge is -2.46. The van der Waals surface area contributed by atoms with E-state index in [0.29, 0.717) is 19.3 Å². The van der Waals surface area contributed by atoms with Crippen molar-refractivity contribution in [1.82, 2.24) is 4.90 Å². The van der Waals surface area contributed by atoms with E-state index in [0.717, 1.165) is 45.4 Å². The third-order valence-corrected chi connectivity index (χ3v) is 4.69. The monoisotopic (exact) mass is 271 g/mol. The second-order valence-corrected chi connectivity index (χ2v) is 5.88. The van der Waals surface area contributed by atoms with Gasteiger partial charge in [0.25, 0.3) is 0 Å². The number of aliphatic hydroxyl groups excluding tert-OH is 1. The normalized spacial score (nSPS) is 39.8. The number of ether oxygens (including phenoxy) is 3. The fraction of sp³-hybridized carbons (Fsp3) is 1.00. The van der Waals surface area contributed by atoms with Crippen LogP contribution in [0.1, 0.15) is 32.6 Å². The molecule has 19 heavy (non-hydrogen) atoms. The van der Waals surface area contributed by atoms with Crippen molar-refractivity contribution in [3.63, 3.8) is 0 Å². The third kappa shape index (κ3) is 2.81. The first kappa shape index (κ1) is 13.8. The van der Waals surface area contributed by atoms with Gasteiger partial charge in [-0.15, -0.1) is 0 Å². The highest BCUT2D eigenvalue weighted by Gasteiger charge is 2.47. The van der Waals surface area contributed by atoms with Crippen LogP contribution in [0.15, 0.2) is 0 Å². The third-order valence-electron chi connectivity index (χ3n) is 4.69. The predicted octanol–water partition coefficient (Wildman–Crippen LogP) is 0.754. The van der Waals surface area contributed by atoms with E-state index in [1.165, 1.54) is 0 Å². The zero-order chi connectivity index (χ0) is 13.3. The van der Waals surface area contributed by atoms with E-state index in [2.05, 4.69) is 11.8 Å². The molecule has 0 amide bonds. The maximum atomic E-state index is 10.3. The molecular formula is C14H25NO4. The van der Waals surface area contributed by atoms with Gasteiger partial charge in [0.1, 0.15) is 0 Å². The van der Waals surface area contributed by atoms with Crippen molar-refractivity contribution >= 4 is 0 Å². The summed E-state index contributed by atoms with van der Waals surface area (Å²) >= 11 is 0. The van der Waals surface area contributed by atoms with Gasteiger partial charge in [0.15, 0.2) is 5.79 Å². The largest absolute Gasteiger partial charge is 0.391 e. The lowest BCUT2D eigenvalue weighted by molar-refractivity contribution is -0.210. The maximum Gasteiger partial charge on any atom is 0.170 e. The number of hydrogen-bond donors (Lipinski definition) is 1. The summed E-state index contributed by atoms with van der Waals surface area (Å²) in [4.78, 5) is 2.37. The molecule has 0 aromatic rings. The van der Waals surface area contributed by atoms with E-state index in [1.54, 1.807) is 0 Å². The quantitative estimate of drug-likeness (QED) is 0.803. The summed E-state index contributed by atoms with van der Waals surface area (Å²) in [7, 11) is 0. The Morgan fingerprint density at radius 2 is 2.05 bits per heavy atom. The van der Waals surface area contributed by atoms with Gasteiger partial charge >= 0.3 is 0 Å². The summed E-state index contributed by atoms with van der Waals surface area (Å²) in [5, 5.41) is 10.3. The number of nitrogens with zero attached hydrogens (tertiary/aromatic N) is 1. The Labute approximate surface area is 114 Å². The Bertz CT molecular complexity index is 306. The summed E-state index contributed by atoms with van der Waals surface area (Å²) in [6, 6.07) is 0.143. The molecule has 2 aliphatic heterocycles. The first-order valence-corrected chi connectivity index (χ1v) is 7.54. The maximum absolute atomic E-state index is 10.3. The standard InChI is InChI=1S/C14H25NO4/c1-2-11-10-15(5-6-17-11)12-9-14(4-3-13(12)16)18-7-8-19-14/h11-13,16H,2-10H2,1H3. The molecule has 3 unspecified atom stereocenters. The molecule has 3 rings (SSSR count). The van der Waals surface area contributed by atoms with Gasteiger partial charge in [0.2, 0.25) is 0 Å². The number of aliphatic hydroxyl groups is 1. The highest BCUT2D eigenvalue weighted by molar-refractivity contribution is 4.94. The van der Waals surface area contributed by atoms with Crippen LogP contribution in [0.5, 0.6) is 0 Å². The molecule has 2 heterocycles. The van der Waals surface area contributed by atoms with Crippen LogP contribution < -0.4 is 0 Å². The average molecular weight is 271 g/mol. The molecule has 1 aliphatic carbocycles. The van der Waals surface area contributed by atoms with Gasteiger partial charge in [-0.1, -0.05) is 6.92 Å².